The first-order valence-corrected chi connectivity index (χ1v) is 8.29. The Balaban J connectivity index is 1.64. The van der Waals surface area contributed by atoms with Crippen LogP contribution < -0.4 is 5.32 Å². The third-order valence-corrected chi connectivity index (χ3v) is 4.10. The second kappa shape index (κ2) is 8.23. The van der Waals surface area contributed by atoms with E-state index in [1.165, 1.54) is 0 Å². The van der Waals surface area contributed by atoms with E-state index >= 15 is 0 Å². The summed E-state index contributed by atoms with van der Waals surface area (Å²) in [7, 11) is 0. The van der Waals surface area contributed by atoms with Gasteiger partial charge in [-0.25, -0.2) is 0 Å². The number of morpholine rings is 1. The molecule has 1 amide bonds. The highest BCUT2D eigenvalue weighted by Crippen LogP contribution is 2.21. The van der Waals surface area contributed by atoms with Crippen molar-refractivity contribution in [1.29, 1.82) is 0 Å². The molecule has 3 rings (SSSR count). The minimum absolute atomic E-state index is 0.0387. The van der Waals surface area contributed by atoms with Gasteiger partial charge >= 0.3 is 0 Å². The maximum absolute atomic E-state index is 12.8. The van der Waals surface area contributed by atoms with Crippen molar-refractivity contribution in [3.05, 3.63) is 47.5 Å². The molecule has 1 aliphatic heterocycles. The Morgan fingerprint density at radius 3 is 2.88 bits per heavy atom. The first kappa shape index (κ1) is 16.9. The molecule has 0 unspecified atom stereocenters. The van der Waals surface area contributed by atoms with Crippen molar-refractivity contribution < 1.29 is 9.53 Å². The van der Waals surface area contributed by atoms with Crippen LogP contribution >= 0.6 is 11.6 Å². The van der Waals surface area contributed by atoms with Gasteiger partial charge in [0.2, 0.25) is 5.91 Å². The summed E-state index contributed by atoms with van der Waals surface area (Å²) in [5, 5.41) is 7.67. The predicted octanol–water partition coefficient (Wildman–Crippen LogP) is 1.12. The summed E-state index contributed by atoms with van der Waals surface area (Å²) in [5.41, 5.74) is 0.888. The summed E-state index contributed by atoms with van der Waals surface area (Å²) < 4.78 is 7.10. The van der Waals surface area contributed by atoms with Gasteiger partial charge in [-0.1, -0.05) is 17.7 Å². The largest absolute Gasteiger partial charge is 0.379 e. The highest BCUT2D eigenvalue weighted by molar-refractivity contribution is 6.30. The van der Waals surface area contributed by atoms with Crippen molar-refractivity contribution >= 4 is 17.5 Å². The van der Waals surface area contributed by atoms with Gasteiger partial charge in [-0.2, -0.15) is 5.10 Å². The molecule has 2 aromatic rings. The highest BCUT2D eigenvalue weighted by atomic mass is 35.5. The molecule has 0 saturated carbocycles. The number of hydrogen-bond acceptors (Lipinski definition) is 5. The molecule has 8 heteroatoms. The molecule has 0 aromatic carbocycles. The summed E-state index contributed by atoms with van der Waals surface area (Å²) >= 11 is 5.84. The number of aromatic nitrogens is 3. The van der Waals surface area contributed by atoms with Crippen LogP contribution in [-0.2, 0) is 16.1 Å². The number of rotatable bonds is 6. The molecule has 1 fully saturated rings. The van der Waals surface area contributed by atoms with E-state index < -0.39 is 0 Å². The van der Waals surface area contributed by atoms with Crippen molar-refractivity contribution in [3.8, 4) is 0 Å². The van der Waals surface area contributed by atoms with Gasteiger partial charge in [-0.15, -0.1) is 0 Å². The molecule has 0 aliphatic carbocycles. The van der Waals surface area contributed by atoms with Gasteiger partial charge in [0.05, 0.1) is 31.0 Å². The fraction of sp³-hybridized carbons (Fsp3) is 0.438. The molecular formula is C16H20ClN5O2. The molecule has 24 heavy (non-hydrogen) atoms. The number of nitrogens with one attached hydrogen (secondary N) is 1. The lowest BCUT2D eigenvalue weighted by Crippen LogP contribution is -2.46. The van der Waals surface area contributed by atoms with Crippen LogP contribution in [-0.4, -0.2) is 58.4 Å². The number of amides is 1. The second-order valence-electron chi connectivity index (χ2n) is 5.55. The van der Waals surface area contributed by atoms with E-state index in [1.54, 1.807) is 29.5 Å². The fourth-order valence-electron chi connectivity index (χ4n) is 2.75. The topological polar surface area (TPSA) is 72.3 Å². The lowest BCUT2D eigenvalue weighted by atomic mass is 10.1. The molecule has 3 heterocycles. The quantitative estimate of drug-likeness (QED) is 0.846. The number of hydrogen-bond donors (Lipinski definition) is 1. The smallest absolute Gasteiger partial charge is 0.242 e. The molecule has 1 N–H and O–H groups in total. The summed E-state index contributed by atoms with van der Waals surface area (Å²) in [4.78, 5) is 19.0. The number of nitrogens with zero attached hydrogens (tertiary/aromatic N) is 4. The van der Waals surface area contributed by atoms with Crippen LogP contribution in [0.1, 0.15) is 11.6 Å². The minimum Gasteiger partial charge on any atom is -0.379 e. The van der Waals surface area contributed by atoms with E-state index in [0.29, 0.717) is 31.3 Å². The van der Waals surface area contributed by atoms with Gasteiger partial charge in [0.1, 0.15) is 6.04 Å². The molecule has 0 spiro atoms. The molecule has 128 valence electrons. The molecule has 2 aromatic heterocycles. The Hall–Kier alpha value is -1.96. The second-order valence-corrected chi connectivity index (χ2v) is 5.99. The third-order valence-electron chi connectivity index (χ3n) is 3.90. The average Bonchev–Trinajstić information content (AvgIpc) is 3.02. The van der Waals surface area contributed by atoms with Crippen LogP contribution in [0.3, 0.4) is 0 Å². The normalized spacial score (nSPS) is 16.7. The molecule has 0 bridgehead atoms. The van der Waals surface area contributed by atoms with Crippen molar-refractivity contribution in [2.45, 2.75) is 12.6 Å². The van der Waals surface area contributed by atoms with Crippen molar-refractivity contribution in [3.63, 3.8) is 0 Å². The van der Waals surface area contributed by atoms with Gasteiger partial charge in [-0.05, 0) is 11.6 Å². The minimum atomic E-state index is -0.358. The van der Waals surface area contributed by atoms with Gasteiger partial charge < -0.3 is 10.1 Å². The van der Waals surface area contributed by atoms with E-state index in [4.69, 9.17) is 16.3 Å². The van der Waals surface area contributed by atoms with Crippen molar-refractivity contribution in [2.75, 3.05) is 32.8 Å². The molecular weight excluding hydrogens is 330 g/mol. The number of halogens is 1. The van der Waals surface area contributed by atoms with E-state index in [1.807, 2.05) is 12.1 Å². The summed E-state index contributed by atoms with van der Waals surface area (Å²) in [5.74, 6) is -0.0387. The zero-order valence-corrected chi connectivity index (χ0v) is 14.0. The van der Waals surface area contributed by atoms with Crippen LogP contribution in [0.15, 0.2) is 36.9 Å². The lowest BCUT2D eigenvalue weighted by molar-refractivity contribution is -0.128. The van der Waals surface area contributed by atoms with Gasteiger partial charge in [0, 0.05) is 38.2 Å². The van der Waals surface area contributed by atoms with Crippen LogP contribution in [0.5, 0.6) is 0 Å². The van der Waals surface area contributed by atoms with Crippen molar-refractivity contribution in [1.82, 2.24) is 25.0 Å². The maximum atomic E-state index is 12.8. The number of ether oxygens (including phenoxy) is 1. The number of pyridine rings is 1. The molecule has 1 aliphatic rings. The number of carbonyl (C=O) groups excluding carboxylic acids is 1. The van der Waals surface area contributed by atoms with Gasteiger partial charge in [0.25, 0.3) is 0 Å². The van der Waals surface area contributed by atoms with Crippen LogP contribution in [0.25, 0.3) is 0 Å². The lowest BCUT2D eigenvalue weighted by Gasteiger charge is -2.33. The van der Waals surface area contributed by atoms with E-state index in [-0.39, 0.29) is 11.9 Å². The van der Waals surface area contributed by atoms with Crippen LogP contribution in [0.2, 0.25) is 5.02 Å². The first-order chi connectivity index (χ1) is 11.7. The van der Waals surface area contributed by atoms with E-state index in [0.717, 1.165) is 18.7 Å². The third kappa shape index (κ3) is 4.31. The monoisotopic (exact) mass is 349 g/mol. The Morgan fingerprint density at radius 2 is 2.21 bits per heavy atom. The van der Waals surface area contributed by atoms with E-state index in [2.05, 4.69) is 20.3 Å². The first-order valence-electron chi connectivity index (χ1n) is 7.91. The van der Waals surface area contributed by atoms with E-state index in [9.17, 15) is 4.79 Å². The Morgan fingerprint density at radius 1 is 1.38 bits per heavy atom. The number of carbonyl (C=O) groups is 1. The van der Waals surface area contributed by atoms with Gasteiger partial charge in [-0.3, -0.25) is 19.4 Å². The Bertz CT molecular complexity index is 657. The SMILES string of the molecule is O=C(NCCn1cc(Cl)cn1)[C@H](c1cccnc1)N1CCOCC1. The Labute approximate surface area is 145 Å². The van der Waals surface area contributed by atoms with Crippen LogP contribution in [0, 0.1) is 0 Å². The Kier molecular flexibility index (Phi) is 5.79. The zero-order chi connectivity index (χ0) is 16.8. The molecule has 7 nitrogen and oxygen atoms in total. The standard InChI is InChI=1S/C16H20ClN5O2/c17-14-11-20-22(12-14)5-4-19-16(23)15(13-2-1-3-18-10-13)21-6-8-24-9-7-21/h1-3,10-12,15H,4-9H2,(H,19,23)/t15-/m0/s1. The highest BCUT2D eigenvalue weighted by Gasteiger charge is 2.28. The summed E-state index contributed by atoms with van der Waals surface area (Å²) in [6, 6.07) is 3.42. The summed E-state index contributed by atoms with van der Waals surface area (Å²) in [6.45, 7) is 3.77. The summed E-state index contributed by atoms with van der Waals surface area (Å²) in [6.07, 6.45) is 6.76. The molecule has 1 saturated heterocycles. The van der Waals surface area contributed by atoms with Crippen LogP contribution in [0.4, 0.5) is 0 Å². The zero-order valence-electron chi connectivity index (χ0n) is 13.3. The molecule has 1 atom stereocenters. The average molecular weight is 350 g/mol. The van der Waals surface area contributed by atoms with Gasteiger partial charge in [0.15, 0.2) is 0 Å². The van der Waals surface area contributed by atoms with Crippen molar-refractivity contribution in [2.24, 2.45) is 0 Å². The fourth-order valence-corrected chi connectivity index (χ4v) is 2.91. The predicted molar refractivity (Wildman–Crippen MR) is 89.6 cm³/mol. The maximum Gasteiger partial charge on any atom is 0.242 e. The molecule has 0 radical (unpaired) electrons.